The maximum Gasteiger partial charge on any atom is 0.372 e. The molecule has 0 aliphatic carbocycles. The molecular formula is C33H60O18. The summed E-state index contributed by atoms with van der Waals surface area (Å²) < 4.78 is 69.3. The molecule has 0 spiro atoms. The van der Waals surface area contributed by atoms with Crippen LogP contribution in [0, 0.1) is 0 Å². The molecule has 0 aromatic carbocycles. The van der Waals surface area contributed by atoms with E-state index in [0.717, 1.165) is 6.42 Å². The van der Waals surface area contributed by atoms with Crippen LogP contribution >= 0.6 is 0 Å². The number of ketones is 1. The lowest BCUT2D eigenvalue weighted by atomic mass is 10.2. The first-order valence-corrected chi connectivity index (χ1v) is 17.4. The molecule has 51 heavy (non-hydrogen) atoms. The van der Waals surface area contributed by atoms with Crippen LogP contribution < -0.4 is 0 Å². The zero-order valence-corrected chi connectivity index (χ0v) is 30.2. The van der Waals surface area contributed by atoms with E-state index in [1.54, 1.807) is 0 Å². The molecule has 0 saturated carbocycles. The number of rotatable bonds is 42. The van der Waals surface area contributed by atoms with Crippen molar-refractivity contribution >= 4 is 23.7 Å². The average molecular weight is 745 g/mol. The minimum Gasteiger partial charge on any atom is -0.476 e. The minimum absolute atomic E-state index is 0.00919. The minimum atomic E-state index is -1.57. The van der Waals surface area contributed by atoms with Crippen LogP contribution in [0.15, 0.2) is 0 Å². The predicted octanol–water partition coefficient (Wildman–Crippen LogP) is 0.489. The maximum atomic E-state index is 11.4. The Balaban J connectivity index is 3.13. The van der Waals surface area contributed by atoms with Crippen molar-refractivity contribution in [2.24, 2.45) is 0 Å². The first-order valence-electron chi connectivity index (χ1n) is 17.4. The molecule has 0 aliphatic heterocycles. The van der Waals surface area contributed by atoms with Gasteiger partial charge in [0.2, 0.25) is 5.78 Å². The molecule has 0 heterocycles. The van der Waals surface area contributed by atoms with E-state index < -0.39 is 17.7 Å². The van der Waals surface area contributed by atoms with E-state index in [1.807, 2.05) is 6.92 Å². The summed E-state index contributed by atoms with van der Waals surface area (Å²) in [6.07, 6.45) is 0.538. The molecule has 0 bridgehead atoms. The van der Waals surface area contributed by atoms with Gasteiger partial charge in [0.05, 0.1) is 152 Å². The van der Waals surface area contributed by atoms with Crippen molar-refractivity contribution in [3.63, 3.8) is 0 Å². The van der Waals surface area contributed by atoms with E-state index in [9.17, 15) is 19.2 Å². The van der Waals surface area contributed by atoms with Gasteiger partial charge in [-0.2, -0.15) is 0 Å². The molecule has 0 amide bonds. The molecular weight excluding hydrogens is 684 g/mol. The Kier molecular flexibility index (Phi) is 38.5. The Morgan fingerprint density at radius 2 is 0.549 bits per heavy atom. The summed E-state index contributed by atoms with van der Waals surface area (Å²) in [4.78, 5) is 43.8. The molecule has 0 fully saturated rings. The third-order valence-electron chi connectivity index (χ3n) is 5.95. The number of hydrogen-bond acceptors (Lipinski definition) is 17. The zero-order chi connectivity index (χ0) is 37.3. The van der Waals surface area contributed by atoms with Gasteiger partial charge in [0, 0.05) is 12.8 Å². The standard InChI is InChI=1S/C33H60O18/c1-2-3-31(35)50-28-26-48-24-22-46-20-18-44-16-14-42-12-10-40-8-6-39-7-9-41-11-13-43-15-17-45-19-21-47-23-25-49-27-29-51-32(36)5-4-30(34)33(37)38/h2-29H2,1H3,(H,37,38). The van der Waals surface area contributed by atoms with Crippen molar-refractivity contribution in [1.82, 2.24) is 0 Å². The van der Waals surface area contributed by atoms with Gasteiger partial charge in [-0.3, -0.25) is 14.4 Å². The maximum absolute atomic E-state index is 11.4. The van der Waals surface area contributed by atoms with Gasteiger partial charge in [-0.15, -0.1) is 0 Å². The number of carbonyl (C=O) groups is 4. The zero-order valence-electron chi connectivity index (χ0n) is 30.2. The molecule has 0 unspecified atom stereocenters. The number of carbonyl (C=O) groups excluding carboxylic acids is 3. The average Bonchev–Trinajstić information content (AvgIpc) is 3.11. The Morgan fingerprint density at radius 1 is 0.333 bits per heavy atom. The van der Waals surface area contributed by atoms with Crippen molar-refractivity contribution < 1.29 is 85.9 Å². The van der Waals surface area contributed by atoms with Gasteiger partial charge in [-0.1, -0.05) is 6.92 Å². The molecule has 18 nitrogen and oxygen atoms in total. The third-order valence-corrected chi connectivity index (χ3v) is 5.95. The van der Waals surface area contributed by atoms with E-state index in [4.69, 9.17) is 66.7 Å². The molecule has 1 N–H and O–H groups in total. The number of carboxylic acid groups (broad SMARTS) is 1. The molecule has 0 atom stereocenters. The fourth-order valence-corrected chi connectivity index (χ4v) is 3.40. The Morgan fingerprint density at radius 3 is 0.765 bits per heavy atom. The summed E-state index contributed by atoms with van der Waals surface area (Å²) in [5, 5.41) is 8.44. The summed E-state index contributed by atoms with van der Waals surface area (Å²) >= 11 is 0. The lowest BCUT2D eigenvalue weighted by Gasteiger charge is -2.09. The van der Waals surface area contributed by atoms with Gasteiger partial charge < -0.3 is 66.7 Å². The topological polar surface area (TPSA) is 208 Å². The predicted molar refractivity (Wildman–Crippen MR) is 178 cm³/mol. The number of ether oxygens (including phenoxy) is 13. The lowest BCUT2D eigenvalue weighted by molar-refractivity contribution is -0.151. The monoisotopic (exact) mass is 744 g/mol. The van der Waals surface area contributed by atoms with Crippen molar-refractivity contribution in [2.45, 2.75) is 32.6 Å². The molecule has 0 aromatic rings. The largest absolute Gasteiger partial charge is 0.476 e. The van der Waals surface area contributed by atoms with Gasteiger partial charge >= 0.3 is 17.9 Å². The summed E-state index contributed by atoms with van der Waals surface area (Å²) in [6.45, 7) is 11.5. The van der Waals surface area contributed by atoms with Gasteiger partial charge in [0.1, 0.15) is 13.2 Å². The van der Waals surface area contributed by atoms with E-state index in [1.165, 1.54) is 0 Å². The fourth-order valence-electron chi connectivity index (χ4n) is 3.40. The molecule has 18 heteroatoms. The van der Waals surface area contributed by atoms with Crippen LogP contribution in [0.1, 0.15) is 32.6 Å². The Hall–Kier alpha value is -2.36. The van der Waals surface area contributed by atoms with Crippen molar-refractivity contribution in [1.29, 1.82) is 0 Å². The second-order valence-electron chi connectivity index (χ2n) is 10.2. The number of hydrogen-bond donors (Lipinski definition) is 1. The van der Waals surface area contributed by atoms with Crippen molar-refractivity contribution in [3.05, 3.63) is 0 Å². The van der Waals surface area contributed by atoms with Crippen LogP contribution in [0.4, 0.5) is 0 Å². The second kappa shape index (κ2) is 40.4. The second-order valence-corrected chi connectivity index (χ2v) is 10.2. The quantitative estimate of drug-likeness (QED) is 0.0512. The lowest BCUT2D eigenvalue weighted by Crippen LogP contribution is -2.17. The highest BCUT2D eigenvalue weighted by Gasteiger charge is 2.14. The fraction of sp³-hybridized carbons (Fsp3) is 0.879. The van der Waals surface area contributed by atoms with Crippen LogP contribution in [-0.2, 0) is 80.8 Å². The first kappa shape index (κ1) is 48.6. The van der Waals surface area contributed by atoms with E-state index in [2.05, 4.69) is 0 Å². The summed E-state index contributed by atoms with van der Waals surface area (Å²) in [6, 6.07) is 0. The number of esters is 2. The Labute approximate surface area is 300 Å². The van der Waals surface area contributed by atoms with Gasteiger partial charge in [0.15, 0.2) is 0 Å². The Bertz CT molecular complexity index is 815. The van der Waals surface area contributed by atoms with Crippen LogP contribution in [-0.4, -0.2) is 187 Å². The molecule has 0 aromatic heterocycles. The normalized spacial score (nSPS) is 11.2. The van der Waals surface area contributed by atoms with Gasteiger partial charge in [-0.25, -0.2) is 4.79 Å². The van der Waals surface area contributed by atoms with E-state index >= 15 is 0 Å². The number of Topliss-reactive ketones (excluding diaryl/α,β-unsaturated/α-hetero) is 1. The van der Waals surface area contributed by atoms with Gasteiger partial charge in [-0.05, 0) is 6.42 Å². The SMILES string of the molecule is CCCC(=O)OCCOCCOCCOCCOCCOCCOCCOCCOCCOCCOCCOCCOC(=O)CCC(=O)C(=O)O. The van der Waals surface area contributed by atoms with Crippen LogP contribution in [0.3, 0.4) is 0 Å². The van der Waals surface area contributed by atoms with Gasteiger partial charge in [0.25, 0.3) is 0 Å². The molecule has 0 saturated heterocycles. The van der Waals surface area contributed by atoms with Crippen molar-refractivity contribution in [2.75, 3.05) is 159 Å². The highest BCUT2D eigenvalue weighted by Crippen LogP contribution is 1.95. The third kappa shape index (κ3) is 40.3. The summed E-state index contributed by atoms with van der Waals surface area (Å²) in [7, 11) is 0. The highest BCUT2D eigenvalue weighted by molar-refractivity contribution is 6.32. The van der Waals surface area contributed by atoms with Crippen molar-refractivity contribution in [3.8, 4) is 0 Å². The number of aliphatic carboxylic acids is 1. The highest BCUT2D eigenvalue weighted by atomic mass is 16.6. The smallest absolute Gasteiger partial charge is 0.372 e. The van der Waals surface area contributed by atoms with Crippen LogP contribution in [0.2, 0.25) is 0 Å². The molecule has 0 rings (SSSR count). The molecule has 0 aliphatic rings. The number of carboxylic acids is 1. The van der Waals surface area contributed by atoms with E-state index in [0.29, 0.717) is 145 Å². The summed E-state index contributed by atoms with van der Waals surface area (Å²) in [5.41, 5.74) is 0. The van der Waals surface area contributed by atoms with E-state index in [-0.39, 0.29) is 38.6 Å². The summed E-state index contributed by atoms with van der Waals surface area (Å²) in [5.74, 6) is -3.45. The first-order chi connectivity index (χ1) is 25.0. The molecule has 300 valence electrons. The molecule has 0 radical (unpaired) electrons. The van der Waals surface area contributed by atoms with Crippen LogP contribution in [0.25, 0.3) is 0 Å². The van der Waals surface area contributed by atoms with Crippen LogP contribution in [0.5, 0.6) is 0 Å².